The number of hydrogen-bond donors (Lipinski definition) is 2. The van der Waals surface area contributed by atoms with Crippen molar-refractivity contribution in [3.8, 4) is 0 Å². The molecule has 0 bridgehead atoms. The van der Waals surface area contributed by atoms with Gasteiger partial charge in [-0.1, -0.05) is 6.92 Å². The third-order valence-corrected chi connectivity index (χ3v) is 2.61. The minimum absolute atomic E-state index is 0.127. The lowest BCUT2D eigenvalue weighted by Crippen LogP contribution is -2.50. The highest BCUT2D eigenvalue weighted by molar-refractivity contribution is 4.86. The van der Waals surface area contributed by atoms with Crippen molar-refractivity contribution in [3.63, 3.8) is 0 Å². The van der Waals surface area contributed by atoms with E-state index in [1.165, 1.54) is 0 Å². The summed E-state index contributed by atoms with van der Waals surface area (Å²) in [5.74, 6) is 0. The molecule has 0 saturated carbocycles. The molecule has 1 heterocycles. The summed E-state index contributed by atoms with van der Waals surface area (Å²) >= 11 is 0. The first-order valence-electron chi connectivity index (χ1n) is 4.66. The highest BCUT2D eigenvalue weighted by Crippen LogP contribution is 2.13. The lowest BCUT2D eigenvalue weighted by atomic mass is 9.98. The zero-order valence-corrected chi connectivity index (χ0v) is 7.97. The molecule has 0 aromatic rings. The SMILES string of the molecule is CCC(C)(CO)NC1CCOC1. The topological polar surface area (TPSA) is 41.5 Å². The number of rotatable bonds is 4. The van der Waals surface area contributed by atoms with Gasteiger partial charge in [-0.05, 0) is 19.8 Å². The van der Waals surface area contributed by atoms with Crippen molar-refractivity contribution in [1.82, 2.24) is 5.32 Å². The molecular formula is C9H19NO2. The molecule has 0 amide bonds. The Hall–Kier alpha value is -0.120. The fraction of sp³-hybridized carbons (Fsp3) is 1.00. The second-order valence-electron chi connectivity index (χ2n) is 3.78. The van der Waals surface area contributed by atoms with Crippen LogP contribution in [0.25, 0.3) is 0 Å². The second kappa shape index (κ2) is 4.21. The maximum absolute atomic E-state index is 9.14. The molecule has 2 N–H and O–H groups in total. The van der Waals surface area contributed by atoms with E-state index in [0.717, 1.165) is 26.1 Å². The van der Waals surface area contributed by atoms with Gasteiger partial charge in [0.1, 0.15) is 0 Å². The largest absolute Gasteiger partial charge is 0.394 e. The molecule has 72 valence electrons. The van der Waals surface area contributed by atoms with Crippen LogP contribution in [0.1, 0.15) is 26.7 Å². The van der Waals surface area contributed by atoms with Gasteiger partial charge in [0, 0.05) is 18.2 Å². The molecule has 0 radical (unpaired) electrons. The smallest absolute Gasteiger partial charge is 0.0620 e. The summed E-state index contributed by atoms with van der Waals surface area (Å²) in [6.07, 6.45) is 2.01. The third-order valence-electron chi connectivity index (χ3n) is 2.61. The van der Waals surface area contributed by atoms with Crippen LogP contribution in [0.4, 0.5) is 0 Å². The van der Waals surface area contributed by atoms with Gasteiger partial charge in [0.15, 0.2) is 0 Å². The van der Waals surface area contributed by atoms with Crippen molar-refractivity contribution >= 4 is 0 Å². The molecule has 0 aliphatic carbocycles. The number of nitrogens with one attached hydrogen (secondary N) is 1. The van der Waals surface area contributed by atoms with Crippen LogP contribution in [0, 0.1) is 0 Å². The second-order valence-corrected chi connectivity index (χ2v) is 3.78. The Kier molecular flexibility index (Phi) is 3.50. The average Bonchev–Trinajstić information content (AvgIpc) is 2.57. The summed E-state index contributed by atoms with van der Waals surface area (Å²) in [7, 11) is 0. The van der Waals surface area contributed by atoms with Crippen LogP contribution in [-0.2, 0) is 4.74 Å². The van der Waals surface area contributed by atoms with Crippen LogP contribution in [-0.4, -0.2) is 36.5 Å². The van der Waals surface area contributed by atoms with Gasteiger partial charge < -0.3 is 15.2 Å². The van der Waals surface area contributed by atoms with Crippen molar-refractivity contribution in [1.29, 1.82) is 0 Å². The molecule has 0 spiro atoms. The Balaban J connectivity index is 2.35. The summed E-state index contributed by atoms with van der Waals surface area (Å²) in [5, 5.41) is 12.6. The summed E-state index contributed by atoms with van der Waals surface area (Å²) in [6, 6.07) is 0.432. The summed E-state index contributed by atoms with van der Waals surface area (Å²) in [4.78, 5) is 0. The highest BCUT2D eigenvalue weighted by Gasteiger charge is 2.26. The lowest BCUT2D eigenvalue weighted by molar-refractivity contribution is 0.143. The van der Waals surface area contributed by atoms with Gasteiger partial charge in [-0.3, -0.25) is 0 Å². The van der Waals surface area contributed by atoms with E-state index < -0.39 is 0 Å². The molecular weight excluding hydrogens is 154 g/mol. The zero-order valence-electron chi connectivity index (χ0n) is 7.97. The molecule has 1 rings (SSSR count). The Morgan fingerprint density at radius 1 is 1.67 bits per heavy atom. The van der Waals surface area contributed by atoms with Gasteiger partial charge in [-0.2, -0.15) is 0 Å². The first kappa shape index (κ1) is 9.96. The minimum atomic E-state index is -0.127. The molecule has 1 saturated heterocycles. The van der Waals surface area contributed by atoms with Crippen LogP contribution < -0.4 is 5.32 Å². The van der Waals surface area contributed by atoms with Crippen LogP contribution in [0.3, 0.4) is 0 Å². The molecule has 2 unspecified atom stereocenters. The van der Waals surface area contributed by atoms with E-state index in [9.17, 15) is 0 Å². The van der Waals surface area contributed by atoms with E-state index in [-0.39, 0.29) is 12.1 Å². The third kappa shape index (κ3) is 2.44. The van der Waals surface area contributed by atoms with Crippen molar-refractivity contribution in [2.75, 3.05) is 19.8 Å². The van der Waals surface area contributed by atoms with Gasteiger partial charge in [-0.25, -0.2) is 0 Å². The molecule has 2 atom stereocenters. The molecule has 0 aromatic carbocycles. The summed E-state index contributed by atoms with van der Waals surface area (Å²) < 4.78 is 5.25. The molecule has 0 aromatic heterocycles. The standard InChI is InChI=1S/C9H19NO2/c1-3-9(2,7-11)10-8-4-5-12-6-8/h8,10-11H,3-7H2,1-2H3. The van der Waals surface area contributed by atoms with Crippen molar-refractivity contribution in [2.24, 2.45) is 0 Å². The predicted octanol–water partition coefficient (Wildman–Crippen LogP) is 0.526. The molecule has 1 aliphatic rings. The van der Waals surface area contributed by atoms with E-state index in [1.54, 1.807) is 0 Å². The zero-order chi connectivity index (χ0) is 9.03. The first-order chi connectivity index (χ1) is 5.70. The van der Waals surface area contributed by atoms with E-state index in [2.05, 4.69) is 12.2 Å². The van der Waals surface area contributed by atoms with Gasteiger partial charge in [0.25, 0.3) is 0 Å². The van der Waals surface area contributed by atoms with E-state index in [1.807, 2.05) is 6.92 Å². The fourth-order valence-corrected chi connectivity index (χ4v) is 1.40. The summed E-state index contributed by atoms with van der Waals surface area (Å²) in [6.45, 7) is 5.96. The molecule has 3 nitrogen and oxygen atoms in total. The van der Waals surface area contributed by atoms with E-state index in [0.29, 0.717) is 6.04 Å². The lowest BCUT2D eigenvalue weighted by Gasteiger charge is -2.30. The number of hydrogen-bond acceptors (Lipinski definition) is 3. The van der Waals surface area contributed by atoms with Gasteiger partial charge in [0.05, 0.1) is 13.2 Å². The maximum atomic E-state index is 9.14. The normalized spacial score (nSPS) is 28.8. The van der Waals surface area contributed by atoms with Crippen molar-refractivity contribution in [2.45, 2.75) is 38.3 Å². The van der Waals surface area contributed by atoms with Crippen LogP contribution in [0.2, 0.25) is 0 Å². The Labute approximate surface area is 74.1 Å². The maximum Gasteiger partial charge on any atom is 0.0620 e. The average molecular weight is 173 g/mol. The van der Waals surface area contributed by atoms with E-state index >= 15 is 0 Å². The van der Waals surface area contributed by atoms with Crippen molar-refractivity contribution in [3.05, 3.63) is 0 Å². The van der Waals surface area contributed by atoms with E-state index in [4.69, 9.17) is 9.84 Å². The molecule has 1 aliphatic heterocycles. The van der Waals surface area contributed by atoms with Gasteiger partial charge in [0.2, 0.25) is 0 Å². The van der Waals surface area contributed by atoms with Crippen LogP contribution in [0.15, 0.2) is 0 Å². The predicted molar refractivity (Wildman–Crippen MR) is 48.1 cm³/mol. The number of aliphatic hydroxyl groups excluding tert-OH is 1. The fourth-order valence-electron chi connectivity index (χ4n) is 1.40. The Morgan fingerprint density at radius 3 is 2.83 bits per heavy atom. The molecule has 3 heteroatoms. The monoisotopic (exact) mass is 173 g/mol. The summed E-state index contributed by atoms with van der Waals surface area (Å²) in [5.41, 5.74) is -0.127. The Morgan fingerprint density at radius 2 is 2.42 bits per heavy atom. The Bertz CT molecular complexity index is 128. The molecule has 1 fully saturated rings. The molecule has 12 heavy (non-hydrogen) atoms. The quantitative estimate of drug-likeness (QED) is 0.651. The van der Waals surface area contributed by atoms with Crippen LogP contribution >= 0.6 is 0 Å². The number of ether oxygens (including phenoxy) is 1. The van der Waals surface area contributed by atoms with Crippen LogP contribution in [0.5, 0.6) is 0 Å². The number of aliphatic hydroxyl groups is 1. The first-order valence-corrected chi connectivity index (χ1v) is 4.66. The highest BCUT2D eigenvalue weighted by atomic mass is 16.5. The van der Waals surface area contributed by atoms with Gasteiger partial charge >= 0.3 is 0 Å². The van der Waals surface area contributed by atoms with Crippen molar-refractivity contribution < 1.29 is 9.84 Å². The van der Waals surface area contributed by atoms with Gasteiger partial charge in [-0.15, -0.1) is 0 Å². The minimum Gasteiger partial charge on any atom is -0.394 e.